The predicted octanol–water partition coefficient (Wildman–Crippen LogP) is 4.58. The molecule has 0 saturated carbocycles. The van der Waals surface area contributed by atoms with Crippen LogP contribution in [0, 0.1) is 6.92 Å². The van der Waals surface area contributed by atoms with E-state index in [4.69, 9.17) is 4.42 Å². The van der Waals surface area contributed by atoms with Gasteiger partial charge < -0.3 is 9.32 Å². The van der Waals surface area contributed by atoms with E-state index < -0.39 is 0 Å². The monoisotopic (exact) mass is 346 g/mol. The molecule has 2 heterocycles. The van der Waals surface area contributed by atoms with Crippen molar-refractivity contribution in [2.45, 2.75) is 23.9 Å². The highest BCUT2D eigenvalue weighted by Gasteiger charge is 2.22. The van der Waals surface area contributed by atoms with E-state index in [0.717, 1.165) is 26.6 Å². The molecule has 0 bridgehead atoms. The van der Waals surface area contributed by atoms with E-state index >= 15 is 0 Å². The van der Waals surface area contributed by atoms with Crippen molar-refractivity contribution in [1.29, 1.82) is 0 Å². The number of carbonyl (C=O) groups excluding carboxylic acids is 1. The Morgan fingerprint density at radius 1 is 1.39 bits per heavy atom. The smallest absolute Gasteiger partial charge is 0.289 e. The fraction of sp³-hybridized carbons (Fsp3) is 0.294. The van der Waals surface area contributed by atoms with Gasteiger partial charge in [0.1, 0.15) is 9.92 Å². The number of rotatable bonds is 5. The maximum Gasteiger partial charge on any atom is 0.289 e. The van der Waals surface area contributed by atoms with Gasteiger partial charge in [-0.3, -0.25) is 4.79 Å². The third-order valence-corrected chi connectivity index (χ3v) is 5.82. The molecule has 2 aromatic heterocycles. The number of benzene rings is 1. The van der Waals surface area contributed by atoms with E-state index in [1.54, 1.807) is 35.0 Å². The molecule has 0 aliphatic carbocycles. The van der Waals surface area contributed by atoms with Crippen LogP contribution in [0.2, 0.25) is 0 Å². The first-order valence-electron chi connectivity index (χ1n) is 7.41. The van der Waals surface area contributed by atoms with E-state index in [9.17, 15) is 4.79 Å². The van der Waals surface area contributed by atoms with Gasteiger partial charge in [0.05, 0.1) is 0 Å². The van der Waals surface area contributed by atoms with Crippen molar-refractivity contribution in [2.24, 2.45) is 0 Å². The number of thioether (sulfide) groups is 1. The first-order chi connectivity index (χ1) is 11.1. The lowest BCUT2D eigenvalue weighted by molar-refractivity contribution is 0.0772. The summed E-state index contributed by atoms with van der Waals surface area (Å²) in [5.41, 5.74) is 2.73. The minimum atomic E-state index is -0.0744. The van der Waals surface area contributed by atoms with Gasteiger partial charge in [0.15, 0.2) is 5.76 Å². The van der Waals surface area contributed by atoms with Gasteiger partial charge >= 0.3 is 0 Å². The standard InChI is InChI=1S/C17H18N2O2S2/c1-4-19(3)16(20)15-13(10-23-17-18-11(2)9-22-17)12-7-5-6-8-14(12)21-15/h5-9H,4,10H2,1-3H3. The zero-order valence-electron chi connectivity index (χ0n) is 13.3. The van der Waals surface area contributed by atoms with Crippen LogP contribution < -0.4 is 0 Å². The zero-order chi connectivity index (χ0) is 16.4. The molecular formula is C17H18N2O2S2. The molecule has 23 heavy (non-hydrogen) atoms. The van der Waals surface area contributed by atoms with Crippen molar-refractivity contribution in [3.8, 4) is 0 Å². The maximum atomic E-state index is 12.6. The van der Waals surface area contributed by atoms with Gasteiger partial charge in [0.2, 0.25) is 0 Å². The van der Waals surface area contributed by atoms with Crippen LogP contribution in [0.25, 0.3) is 11.0 Å². The van der Waals surface area contributed by atoms with Crippen molar-refractivity contribution in [1.82, 2.24) is 9.88 Å². The molecule has 0 unspecified atom stereocenters. The van der Waals surface area contributed by atoms with Gasteiger partial charge in [-0.25, -0.2) is 4.98 Å². The molecule has 120 valence electrons. The molecule has 6 heteroatoms. The highest BCUT2D eigenvalue weighted by molar-refractivity contribution is 8.00. The maximum absolute atomic E-state index is 12.6. The number of hydrogen-bond acceptors (Lipinski definition) is 5. The van der Waals surface area contributed by atoms with Crippen molar-refractivity contribution < 1.29 is 9.21 Å². The summed E-state index contributed by atoms with van der Waals surface area (Å²) in [5, 5.41) is 3.04. The predicted molar refractivity (Wildman–Crippen MR) is 95.3 cm³/mol. The minimum Gasteiger partial charge on any atom is -0.451 e. The molecule has 4 nitrogen and oxygen atoms in total. The summed E-state index contributed by atoms with van der Waals surface area (Å²) in [5.74, 6) is 1.04. The summed E-state index contributed by atoms with van der Waals surface area (Å²) in [6.07, 6.45) is 0. The Bertz CT molecular complexity index is 838. The van der Waals surface area contributed by atoms with Crippen LogP contribution >= 0.6 is 23.1 Å². The molecule has 0 fully saturated rings. The molecule has 0 spiro atoms. The number of aryl methyl sites for hydroxylation is 1. The van der Waals surface area contributed by atoms with Crippen LogP contribution in [0.1, 0.15) is 28.7 Å². The van der Waals surface area contributed by atoms with Gasteiger partial charge in [-0.05, 0) is 19.9 Å². The zero-order valence-corrected chi connectivity index (χ0v) is 15.0. The molecule has 0 atom stereocenters. The Morgan fingerprint density at radius 2 is 2.17 bits per heavy atom. The van der Waals surface area contributed by atoms with Crippen molar-refractivity contribution in [3.05, 3.63) is 46.7 Å². The van der Waals surface area contributed by atoms with E-state index in [1.807, 2.05) is 43.5 Å². The lowest BCUT2D eigenvalue weighted by Crippen LogP contribution is -2.26. The van der Waals surface area contributed by atoms with Gasteiger partial charge in [-0.15, -0.1) is 11.3 Å². The number of fused-ring (bicyclic) bond motifs is 1. The highest BCUT2D eigenvalue weighted by Crippen LogP contribution is 2.33. The molecule has 3 aromatic rings. The van der Waals surface area contributed by atoms with Gasteiger partial charge in [-0.1, -0.05) is 30.0 Å². The number of nitrogens with zero attached hydrogens (tertiary/aromatic N) is 2. The first-order valence-corrected chi connectivity index (χ1v) is 9.27. The number of aromatic nitrogens is 1. The van der Waals surface area contributed by atoms with Crippen molar-refractivity contribution >= 4 is 40.0 Å². The van der Waals surface area contributed by atoms with Gasteiger partial charge in [0.25, 0.3) is 5.91 Å². The molecule has 0 aliphatic rings. The second-order valence-electron chi connectivity index (χ2n) is 5.27. The third-order valence-electron chi connectivity index (χ3n) is 3.65. The number of thiazole rings is 1. The average molecular weight is 346 g/mol. The van der Waals surface area contributed by atoms with Crippen LogP contribution in [0.3, 0.4) is 0 Å². The lowest BCUT2D eigenvalue weighted by atomic mass is 10.1. The number of furan rings is 1. The average Bonchev–Trinajstić information content (AvgIpc) is 3.14. The highest BCUT2D eigenvalue weighted by atomic mass is 32.2. The first kappa shape index (κ1) is 16.1. The van der Waals surface area contributed by atoms with Gasteiger partial charge in [0, 0.05) is 41.4 Å². The summed E-state index contributed by atoms with van der Waals surface area (Å²) < 4.78 is 6.87. The van der Waals surface area contributed by atoms with Gasteiger partial charge in [-0.2, -0.15) is 0 Å². The number of para-hydroxylation sites is 1. The lowest BCUT2D eigenvalue weighted by Gasteiger charge is -2.13. The Kier molecular flexibility index (Phi) is 4.73. The van der Waals surface area contributed by atoms with Crippen molar-refractivity contribution in [2.75, 3.05) is 13.6 Å². The van der Waals surface area contributed by atoms with Crippen LogP contribution in [0.15, 0.2) is 38.4 Å². The minimum absolute atomic E-state index is 0.0744. The quantitative estimate of drug-likeness (QED) is 0.634. The van der Waals surface area contributed by atoms with Crippen molar-refractivity contribution in [3.63, 3.8) is 0 Å². The molecule has 0 radical (unpaired) electrons. The largest absolute Gasteiger partial charge is 0.451 e. The summed E-state index contributed by atoms with van der Waals surface area (Å²) in [4.78, 5) is 18.7. The number of carbonyl (C=O) groups is 1. The van der Waals surface area contributed by atoms with Crippen LogP contribution in [-0.2, 0) is 5.75 Å². The molecule has 3 rings (SSSR count). The Labute approximate surface area is 143 Å². The topological polar surface area (TPSA) is 46.3 Å². The van der Waals surface area contributed by atoms with E-state index in [1.165, 1.54) is 0 Å². The molecule has 0 aliphatic heterocycles. The number of hydrogen-bond donors (Lipinski definition) is 0. The second kappa shape index (κ2) is 6.76. The van der Waals surface area contributed by atoms with Crippen LogP contribution in [-0.4, -0.2) is 29.4 Å². The fourth-order valence-corrected chi connectivity index (χ4v) is 4.14. The third kappa shape index (κ3) is 3.28. The molecule has 0 saturated heterocycles. The fourth-order valence-electron chi connectivity index (χ4n) is 2.26. The summed E-state index contributed by atoms with van der Waals surface area (Å²) in [6.45, 7) is 4.58. The molecule has 1 amide bonds. The normalized spacial score (nSPS) is 11.1. The summed E-state index contributed by atoms with van der Waals surface area (Å²) in [7, 11) is 1.79. The summed E-state index contributed by atoms with van der Waals surface area (Å²) in [6, 6.07) is 7.80. The van der Waals surface area contributed by atoms with Crippen LogP contribution in [0.5, 0.6) is 0 Å². The molecular weight excluding hydrogens is 328 g/mol. The van der Waals surface area contributed by atoms with E-state index in [-0.39, 0.29) is 5.91 Å². The van der Waals surface area contributed by atoms with E-state index in [2.05, 4.69) is 4.98 Å². The molecule has 0 N–H and O–H groups in total. The number of amides is 1. The Hall–Kier alpha value is -1.79. The SMILES string of the molecule is CCN(C)C(=O)c1oc2ccccc2c1CSc1nc(C)cs1. The Balaban J connectivity index is 1.97. The van der Waals surface area contributed by atoms with Crippen LogP contribution in [0.4, 0.5) is 0 Å². The summed E-state index contributed by atoms with van der Waals surface area (Å²) >= 11 is 3.27. The Morgan fingerprint density at radius 3 is 2.87 bits per heavy atom. The van der Waals surface area contributed by atoms with E-state index in [0.29, 0.717) is 18.1 Å². The second-order valence-corrected chi connectivity index (χ2v) is 7.35. The molecule has 1 aromatic carbocycles.